The molecule has 132 valence electrons. The zero-order chi connectivity index (χ0) is 17.6. The van der Waals surface area contributed by atoms with Gasteiger partial charge in [-0.3, -0.25) is 4.79 Å². The number of nitrogens with zero attached hydrogens (tertiary/aromatic N) is 3. The third-order valence-electron chi connectivity index (χ3n) is 5.07. The lowest BCUT2D eigenvalue weighted by Crippen LogP contribution is -2.48. The average Bonchev–Trinajstić information content (AvgIpc) is 3.12. The molecule has 0 bridgehead atoms. The van der Waals surface area contributed by atoms with Crippen LogP contribution in [0.15, 0.2) is 28.8 Å². The SMILES string of the molecule is CC(C)(O)C1CCCN1C(=O)c1cccc(-c2noc(C3CC3)n2)c1. The first-order valence-corrected chi connectivity index (χ1v) is 8.91. The summed E-state index contributed by atoms with van der Waals surface area (Å²) in [6.07, 6.45) is 3.95. The summed E-state index contributed by atoms with van der Waals surface area (Å²) >= 11 is 0. The van der Waals surface area contributed by atoms with E-state index < -0.39 is 5.60 Å². The molecule has 2 fully saturated rings. The Morgan fingerprint density at radius 3 is 2.84 bits per heavy atom. The van der Waals surface area contributed by atoms with Crippen molar-refractivity contribution in [3.63, 3.8) is 0 Å². The smallest absolute Gasteiger partial charge is 0.254 e. The summed E-state index contributed by atoms with van der Waals surface area (Å²) in [5.74, 6) is 1.56. The summed E-state index contributed by atoms with van der Waals surface area (Å²) in [5, 5.41) is 14.4. The van der Waals surface area contributed by atoms with Crippen molar-refractivity contribution in [2.24, 2.45) is 0 Å². The van der Waals surface area contributed by atoms with E-state index in [1.165, 1.54) is 0 Å². The first-order valence-electron chi connectivity index (χ1n) is 8.91. The van der Waals surface area contributed by atoms with Crippen LogP contribution in [-0.2, 0) is 0 Å². The molecule has 4 rings (SSSR count). The highest BCUT2D eigenvalue weighted by Crippen LogP contribution is 2.39. The van der Waals surface area contributed by atoms with Crippen LogP contribution in [0.1, 0.15) is 61.7 Å². The minimum absolute atomic E-state index is 0.0580. The maximum atomic E-state index is 13.0. The Labute approximate surface area is 146 Å². The predicted molar refractivity (Wildman–Crippen MR) is 92.1 cm³/mol. The van der Waals surface area contributed by atoms with Gasteiger partial charge in [-0.05, 0) is 51.7 Å². The molecule has 1 aromatic carbocycles. The predicted octanol–water partition coefficient (Wildman–Crippen LogP) is 2.99. The fourth-order valence-electron chi connectivity index (χ4n) is 3.55. The Balaban J connectivity index is 1.59. The number of amides is 1. The van der Waals surface area contributed by atoms with Crippen LogP contribution in [0.4, 0.5) is 0 Å². The molecule has 2 heterocycles. The fourth-order valence-corrected chi connectivity index (χ4v) is 3.55. The number of rotatable bonds is 4. The third kappa shape index (κ3) is 3.18. The Hall–Kier alpha value is -2.21. The first kappa shape index (κ1) is 16.3. The second-order valence-electron chi connectivity index (χ2n) is 7.62. The van der Waals surface area contributed by atoms with Gasteiger partial charge in [0, 0.05) is 23.6 Å². The highest BCUT2D eigenvalue weighted by atomic mass is 16.5. The number of carbonyl (C=O) groups excluding carboxylic acids is 1. The number of aliphatic hydroxyl groups is 1. The minimum atomic E-state index is -0.906. The maximum absolute atomic E-state index is 13.0. The van der Waals surface area contributed by atoms with Crippen LogP contribution < -0.4 is 0 Å². The van der Waals surface area contributed by atoms with Gasteiger partial charge in [0.1, 0.15) is 0 Å². The molecule has 6 nitrogen and oxygen atoms in total. The molecule has 25 heavy (non-hydrogen) atoms. The molecule has 1 N–H and O–H groups in total. The van der Waals surface area contributed by atoms with Crippen molar-refractivity contribution >= 4 is 5.91 Å². The van der Waals surface area contributed by atoms with Crippen molar-refractivity contribution in [1.29, 1.82) is 0 Å². The Morgan fingerprint density at radius 1 is 1.32 bits per heavy atom. The van der Waals surface area contributed by atoms with E-state index in [1.807, 2.05) is 18.2 Å². The van der Waals surface area contributed by atoms with E-state index in [1.54, 1.807) is 24.8 Å². The van der Waals surface area contributed by atoms with Crippen molar-refractivity contribution in [2.45, 2.75) is 57.1 Å². The van der Waals surface area contributed by atoms with Crippen LogP contribution in [0, 0.1) is 0 Å². The highest BCUT2D eigenvalue weighted by Gasteiger charge is 2.38. The summed E-state index contributed by atoms with van der Waals surface area (Å²) in [6.45, 7) is 4.20. The van der Waals surface area contributed by atoms with Gasteiger partial charge in [-0.15, -0.1) is 0 Å². The van der Waals surface area contributed by atoms with Crippen LogP contribution in [0.2, 0.25) is 0 Å². The van der Waals surface area contributed by atoms with Gasteiger partial charge in [0.2, 0.25) is 11.7 Å². The van der Waals surface area contributed by atoms with Gasteiger partial charge in [-0.2, -0.15) is 4.98 Å². The third-order valence-corrected chi connectivity index (χ3v) is 5.07. The molecule has 1 saturated carbocycles. The molecule has 1 aromatic heterocycles. The van der Waals surface area contributed by atoms with Crippen molar-refractivity contribution < 1.29 is 14.4 Å². The summed E-state index contributed by atoms with van der Waals surface area (Å²) < 4.78 is 5.32. The van der Waals surface area contributed by atoms with Crippen LogP contribution in [0.5, 0.6) is 0 Å². The second kappa shape index (κ2) is 5.95. The molecule has 1 saturated heterocycles. The molecule has 1 atom stereocenters. The first-order chi connectivity index (χ1) is 11.9. The molecular formula is C19H23N3O3. The summed E-state index contributed by atoms with van der Waals surface area (Å²) in [7, 11) is 0. The van der Waals surface area contributed by atoms with Crippen molar-refractivity contribution in [3.8, 4) is 11.4 Å². The Kier molecular flexibility index (Phi) is 3.87. The summed E-state index contributed by atoms with van der Waals surface area (Å²) in [5.41, 5.74) is 0.461. The molecule has 1 aliphatic carbocycles. The summed E-state index contributed by atoms with van der Waals surface area (Å²) in [4.78, 5) is 19.2. The second-order valence-corrected chi connectivity index (χ2v) is 7.62. The normalized spacial score (nSPS) is 20.9. The fraction of sp³-hybridized carbons (Fsp3) is 0.526. The largest absolute Gasteiger partial charge is 0.388 e. The quantitative estimate of drug-likeness (QED) is 0.925. The monoisotopic (exact) mass is 341 g/mol. The van der Waals surface area contributed by atoms with Crippen LogP contribution in [0.25, 0.3) is 11.4 Å². The van der Waals surface area contributed by atoms with Crippen molar-refractivity contribution in [3.05, 3.63) is 35.7 Å². The van der Waals surface area contributed by atoms with E-state index in [0.29, 0.717) is 29.7 Å². The van der Waals surface area contributed by atoms with E-state index in [9.17, 15) is 9.90 Å². The lowest BCUT2D eigenvalue weighted by atomic mass is 9.96. The number of benzene rings is 1. The van der Waals surface area contributed by atoms with Gasteiger partial charge in [-0.25, -0.2) is 0 Å². The van der Waals surface area contributed by atoms with Gasteiger partial charge in [-0.1, -0.05) is 17.3 Å². The molecule has 1 amide bonds. The molecule has 0 spiro atoms. The lowest BCUT2D eigenvalue weighted by Gasteiger charge is -2.33. The molecule has 6 heteroatoms. The van der Waals surface area contributed by atoms with Gasteiger partial charge >= 0.3 is 0 Å². The van der Waals surface area contributed by atoms with E-state index >= 15 is 0 Å². The molecule has 2 aromatic rings. The van der Waals surface area contributed by atoms with Crippen LogP contribution in [-0.4, -0.2) is 44.2 Å². The van der Waals surface area contributed by atoms with Crippen molar-refractivity contribution in [2.75, 3.05) is 6.54 Å². The molecule has 0 radical (unpaired) electrons. The average molecular weight is 341 g/mol. The highest BCUT2D eigenvalue weighted by molar-refractivity contribution is 5.95. The van der Waals surface area contributed by atoms with E-state index in [-0.39, 0.29) is 11.9 Å². The van der Waals surface area contributed by atoms with E-state index in [4.69, 9.17) is 4.52 Å². The minimum Gasteiger partial charge on any atom is -0.388 e. The number of likely N-dealkylation sites (tertiary alicyclic amines) is 1. The number of aromatic nitrogens is 2. The molecule has 2 aliphatic rings. The zero-order valence-electron chi connectivity index (χ0n) is 14.6. The topological polar surface area (TPSA) is 79.5 Å². The van der Waals surface area contributed by atoms with Crippen molar-refractivity contribution in [1.82, 2.24) is 15.0 Å². The van der Waals surface area contributed by atoms with Crippen LogP contribution >= 0.6 is 0 Å². The van der Waals surface area contributed by atoms with E-state index in [0.717, 1.165) is 31.2 Å². The number of hydrogen-bond acceptors (Lipinski definition) is 5. The molecule has 1 aliphatic heterocycles. The zero-order valence-corrected chi connectivity index (χ0v) is 14.6. The van der Waals surface area contributed by atoms with Crippen LogP contribution in [0.3, 0.4) is 0 Å². The Bertz CT molecular complexity index is 789. The van der Waals surface area contributed by atoms with E-state index in [2.05, 4.69) is 10.1 Å². The standard InChI is InChI=1S/C19H23N3O3/c1-19(2,24)15-7-4-10-22(15)18(23)14-6-3-5-13(11-14)16-20-17(25-21-16)12-8-9-12/h3,5-6,11-12,15,24H,4,7-10H2,1-2H3. The molecular weight excluding hydrogens is 318 g/mol. The maximum Gasteiger partial charge on any atom is 0.254 e. The van der Waals surface area contributed by atoms with Gasteiger partial charge < -0.3 is 14.5 Å². The number of hydrogen-bond donors (Lipinski definition) is 1. The summed E-state index contributed by atoms with van der Waals surface area (Å²) in [6, 6.07) is 7.17. The van der Waals surface area contributed by atoms with Gasteiger partial charge in [0.25, 0.3) is 5.91 Å². The molecule has 1 unspecified atom stereocenters. The van der Waals surface area contributed by atoms with Gasteiger partial charge in [0.05, 0.1) is 11.6 Å². The lowest BCUT2D eigenvalue weighted by molar-refractivity contribution is 0.000338. The Morgan fingerprint density at radius 2 is 2.12 bits per heavy atom. The van der Waals surface area contributed by atoms with Gasteiger partial charge in [0.15, 0.2) is 0 Å². The number of carbonyl (C=O) groups is 1.